The first-order chi connectivity index (χ1) is 11.6. The molecule has 1 fully saturated rings. The van der Waals surface area contributed by atoms with E-state index in [4.69, 9.17) is 0 Å². The lowest BCUT2D eigenvalue weighted by Crippen LogP contribution is -2.35. The maximum absolute atomic E-state index is 2.74. The van der Waals surface area contributed by atoms with E-state index in [0.29, 0.717) is 18.0 Å². The highest BCUT2D eigenvalue weighted by atomic mass is 15.3. The fourth-order valence-corrected chi connectivity index (χ4v) is 4.65. The normalized spacial score (nSPS) is 26.9. The Labute approximate surface area is 146 Å². The van der Waals surface area contributed by atoms with Gasteiger partial charge in [0.05, 0.1) is 0 Å². The van der Waals surface area contributed by atoms with E-state index in [2.05, 4.69) is 79.3 Å². The Balaban J connectivity index is 1.60. The summed E-state index contributed by atoms with van der Waals surface area (Å²) in [6.07, 6.45) is 2.51. The molecule has 2 aromatic carbocycles. The summed E-state index contributed by atoms with van der Waals surface area (Å²) in [5.74, 6) is 0.605. The Bertz CT molecular complexity index is 704. The van der Waals surface area contributed by atoms with E-state index < -0.39 is 0 Å². The van der Waals surface area contributed by atoms with Crippen LogP contribution in [0, 0.1) is 6.92 Å². The average Bonchev–Trinajstić information content (AvgIpc) is 3.19. The molecule has 126 valence electrons. The number of likely N-dealkylation sites (tertiary alicyclic amines) is 1. The third-order valence-electron chi connectivity index (χ3n) is 6.03. The molecule has 2 aliphatic rings. The van der Waals surface area contributed by atoms with Gasteiger partial charge in [0.2, 0.25) is 0 Å². The lowest BCUT2D eigenvalue weighted by molar-refractivity contribution is 0.216. The van der Waals surface area contributed by atoms with Gasteiger partial charge in [-0.15, -0.1) is 0 Å². The molecule has 2 aromatic rings. The molecular weight excluding hydrogens is 292 g/mol. The van der Waals surface area contributed by atoms with E-state index in [1.807, 2.05) is 0 Å². The van der Waals surface area contributed by atoms with Crippen LogP contribution in [0.2, 0.25) is 0 Å². The molecule has 1 saturated heterocycles. The first-order valence-electron chi connectivity index (χ1n) is 9.18. The van der Waals surface area contributed by atoms with Gasteiger partial charge in [-0.25, -0.2) is 0 Å². The Morgan fingerprint density at radius 2 is 1.71 bits per heavy atom. The predicted molar refractivity (Wildman–Crippen MR) is 100 cm³/mol. The van der Waals surface area contributed by atoms with Crippen molar-refractivity contribution in [2.75, 3.05) is 27.2 Å². The lowest BCUT2D eigenvalue weighted by atomic mass is 9.93. The third-order valence-corrected chi connectivity index (χ3v) is 6.03. The summed E-state index contributed by atoms with van der Waals surface area (Å²) in [6.45, 7) is 4.51. The number of likely N-dealkylation sites (N-methyl/N-ethyl adjacent to an activating group) is 1. The van der Waals surface area contributed by atoms with E-state index in [9.17, 15) is 0 Å². The zero-order valence-electron chi connectivity index (χ0n) is 15.1. The summed E-state index contributed by atoms with van der Waals surface area (Å²) in [6, 6.07) is 19.4. The highest BCUT2D eigenvalue weighted by Gasteiger charge is 2.40. The minimum atomic E-state index is 0.598. The molecule has 24 heavy (non-hydrogen) atoms. The Hall–Kier alpha value is -1.64. The molecule has 1 heterocycles. The highest BCUT2D eigenvalue weighted by Crippen LogP contribution is 2.41. The molecule has 0 spiro atoms. The Morgan fingerprint density at radius 3 is 2.46 bits per heavy atom. The quantitative estimate of drug-likeness (QED) is 0.843. The van der Waals surface area contributed by atoms with E-state index in [1.54, 1.807) is 11.1 Å². The Morgan fingerprint density at radius 1 is 0.958 bits per heavy atom. The number of hydrogen-bond acceptors (Lipinski definition) is 2. The van der Waals surface area contributed by atoms with Crippen LogP contribution in [0.3, 0.4) is 0 Å². The lowest BCUT2D eigenvalue weighted by Gasteiger charge is -2.26. The van der Waals surface area contributed by atoms with E-state index >= 15 is 0 Å². The second kappa shape index (κ2) is 6.34. The van der Waals surface area contributed by atoms with Gasteiger partial charge in [0.1, 0.15) is 0 Å². The van der Waals surface area contributed by atoms with Gasteiger partial charge in [0, 0.05) is 31.1 Å². The predicted octanol–water partition coefficient (Wildman–Crippen LogP) is 4.01. The second-order valence-electron chi connectivity index (χ2n) is 7.76. The molecule has 4 rings (SSSR count). The van der Waals surface area contributed by atoms with Crippen LogP contribution in [0.5, 0.6) is 0 Å². The maximum atomic E-state index is 2.74. The van der Waals surface area contributed by atoms with Crippen molar-refractivity contribution in [1.29, 1.82) is 0 Å². The molecule has 0 amide bonds. The van der Waals surface area contributed by atoms with Gasteiger partial charge in [-0.2, -0.15) is 0 Å². The zero-order chi connectivity index (χ0) is 16.7. The SMILES string of the molecule is Cc1ccc([C@H]2CN([C@@H]3CCc4ccccc43)C[C@@H]2N(C)C)cc1. The van der Waals surface area contributed by atoms with Crippen LogP contribution in [0.1, 0.15) is 40.6 Å². The molecule has 0 aromatic heterocycles. The molecule has 2 nitrogen and oxygen atoms in total. The number of aryl methyl sites for hydroxylation is 2. The maximum Gasteiger partial charge on any atom is 0.0354 e. The number of fused-ring (bicyclic) bond motifs is 1. The van der Waals surface area contributed by atoms with Crippen LogP contribution in [-0.2, 0) is 6.42 Å². The van der Waals surface area contributed by atoms with Crippen molar-refractivity contribution in [2.45, 2.75) is 37.8 Å². The fourth-order valence-electron chi connectivity index (χ4n) is 4.65. The van der Waals surface area contributed by atoms with Crippen molar-refractivity contribution >= 4 is 0 Å². The molecule has 1 aliphatic carbocycles. The van der Waals surface area contributed by atoms with Gasteiger partial charge in [-0.3, -0.25) is 4.90 Å². The zero-order valence-corrected chi connectivity index (χ0v) is 15.1. The number of benzene rings is 2. The molecule has 0 radical (unpaired) electrons. The Kier molecular flexibility index (Phi) is 4.19. The van der Waals surface area contributed by atoms with Gasteiger partial charge < -0.3 is 4.90 Å². The first-order valence-corrected chi connectivity index (χ1v) is 9.18. The van der Waals surface area contributed by atoms with Crippen molar-refractivity contribution in [2.24, 2.45) is 0 Å². The van der Waals surface area contributed by atoms with Crippen LogP contribution in [0.4, 0.5) is 0 Å². The number of nitrogens with zero attached hydrogens (tertiary/aromatic N) is 2. The van der Waals surface area contributed by atoms with Crippen molar-refractivity contribution in [3.63, 3.8) is 0 Å². The van der Waals surface area contributed by atoms with Crippen LogP contribution >= 0.6 is 0 Å². The van der Waals surface area contributed by atoms with E-state index in [0.717, 1.165) is 0 Å². The highest BCUT2D eigenvalue weighted by molar-refractivity contribution is 5.35. The fraction of sp³-hybridized carbons (Fsp3) is 0.455. The molecule has 0 bridgehead atoms. The van der Waals surface area contributed by atoms with E-state index in [-0.39, 0.29) is 0 Å². The molecule has 0 N–H and O–H groups in total. The summed E-state index contributed by atoms with van der Waals surface area (Å²) < 4.78 is 0. The first kappa shape index (κ1) is 15.9. The second-order valence-corrected chi connectivity index (χ2v) is 7.76. The largest absolute Gasteiger partial charge is 0.305 e. The monoisotopic (exact) mass is 320 g/mol. The van der Waals surface area contributed by atoms with Crippen LogP contribution in [-0.4, -0.2) is 43.0 Å². The summed E-state index contributed by atoms with van der Waals surface area (Å²) in [4.78, 5) is 5.16. The molecule has 0 saturated carbocycles. The van der Waals surface area contributed by atoms with Crippen LogP contribution in [0.25, 0.3) is 0 Å². The summed E-state index contributed by atoms with van der Waals surface area (Å²) in [5, 5.41) is 0. The van der Waals surface area contributed by atoms with Gasteiger partial charge in [0.15, 0.2) is 0 Å². The van der Waals surface area contributed by atoms with Gasteiger partial charge >= 0.3 is 0 Å². The summed E-state index contributed by atoms with van der Waals surface area (Å²) in [7, 11) is 4.47. The van der Waals surface area contributed by atoms with Gasteiger partial charge in [0.25, 0.3) is 0 Å². The van der Waals surface area contributed by atoms with Crippen molar-refractivity contribution < 1.29 is 0 Å². The van der Waals surface area contributed by atoms with Crippen LogP contribution in [0.15, 0.2) is 48.5 Å². The molecule has 1 aliphatic heterocycles. The van der Waals surface area contributed by atoms with Crippen LogP contribution < -0.4 is 0 Å². The minimum Gasteiger partial charge on any atom is -0.305 e. The standard InChI is InChI=1S/C22H28N2/c1-16-8-10-18(11-9-16)20-14-24(15-22(20)23(2)3)21-13-12-17-6-4-5-7-19(17)21/h4-11,20-22H,12-15H2,1-3H3/t20-,21-,22+/m1/s1. The van der Waals surface area contributed by atoms with Crippen molar-refractivity contribution in [3.8, 4) is 0 Å². The number of hydrogen-bond donors (Lipinski definition) is 0. The smallest absolute Gasteiger partial charge is 0.0354 e. The van der Waals surface area contributed by atoms with Gasteiger partial charge in [-0.1, -0.05) is 54.1 Å². The van der Waals surface area contributed by atoms with E-state index in [1.165, 1.54) is 37.1 Å². The van der Waals surface area contributed by atoms with Gasteiger partial charge in [-0.05, 0) is 50.6 Å². The third kappa shape index (κ3) is 2.78. The summed E-state index contributed by atoms with van der Waals surface area (Å²) in [5.41, 5.74) is 5.97. The summed E-state index contributed by atoms with van der Waals surface area (Å²) >= 11 is 0. The van der Waals surface area contributed by atoms with Crippen molar-refractivity contribution in [1.82, 2.24) is 9.80 Å². The number of rotatable bonds is 3. The molecule has 3 atom stereocenters. The minimum absolute atomic E-state index is 0.598. The average molecular weight is 320 g/mol. The topological polar surface area (TPSA) is 6.48 Å². The molecule has 0 unspecified atom stereocenters. The molecular formula is C22H28N2. The molecule has 2 heteroatoms. The van der Waals surface area contributed by atoms with Crippen molar-refractivity contribution in [3.05, 3.63) is 70.8 Å².